The zero-order valence-electron chi connectivity index (χ0n) is 10.5. The van der Waals surface area contributed by atoms with Crippen molar-refractivity contribution in [2.45, 2.75) is 25.2 Å². The van der Waals surface area contributed by atoms with Gasteiger partial charge >= 0.3 is 0 Å². The molecule has 0 spiro atoms. The van der Waals surface area contributed by atoms with Gasteiger partial charge in [0.15, 0.2) is 0 Å². The maximum Gasteiger partial charge on any atom is 0.119 e. The normalized spacial score (nSPS) is 32.2. The third-order valence-corrected chi connectivity index (χ3v) is 4.52. The molecule has 0 radical (unpaired) electrons. The number of ether oxygens (including phenoxy) is 1. The van der Waals surface area contributed by atoms with E-state index in [0.717, 1.165) is 23.5 Å². The van der Waals surface area contributed by atoms with Crippen LogP contribution in [0.25, 0.3) is 0 Å². The van der Waals surface area contributed by atoms with Gasteiger partial charge in [0.25, 0.3) is 0 Å². The van der Waals surface area contributed by atoms with Crippen LogP contribution in [-0.4, -0.2) is 20.2 Å². The van der Waals surface area contributed by atoms with E-state index < -0.39 is 0 Å². The molecular weight excluding hydrogens is 210 g/mol. The predicted molar refractivity (Wildman–Crippen MR) is 69.4 cm³/mol. The fraction of sp³-hybridized carbons (Fsp3) is 0.600. The van der Waals surface area contributed by atoms with Crippen molar-refractivity contribution in [1.29, 1.82) is 0 Å². The van der Waals surface area contributed by atoms with Gasteiger partial charge in [0.2, 0.25) is 0 Å². The van der Waals surface area contributed by atoms with Crippen molar-refractivity contribution in [2.24, 2.45) is 11.8 Å². The summed E-state index contributed by atoms with van der Waals surface area (Å²) in [7, 11) is 1.75. The average molecular weight is 231 g/mol. The molecule has 92 valence electrons. The molecule has 2 fully saturated rings. The molecule has 1 N–H and O–H groups in total. The van der Waals surface area contributed by atoms with E-state index in [2.05, 4.69) is 23.5 Å². The second-order valence-electron chi connectivity index (χ2n) is 5.40. The smallest absolute Gasteiger partial charge is 0.119 e. The lowest BCUT2D eigenvalue weighted by atomic mass is 9.71. The van der Waals surface area contributed by atoms with Crippen molar-refractivity contribution in [2.75, 3.05) is 20.2 Å². The summed E-state index contributed by atoms with van der Waals surface area (Å²) < 4.78 is 5.34. The Kier molecular flexibility index (Phi) is 3.06. The molecule has 1 aromatic carbocycles. The maximum absolute atomic E-state index is 5.34. The lowest BCUT2D eigenvalue weighted by Crippen LogP contribution is -2.25. The molecule has 1 saturated heterocycles. The third-order valence-electron chi connectivity index (χ3n) is 4.52. The summed E-state index contributed by atoms with van der Waals surface area (Å²) in [6.45, 7) is 2.43. The SMILES string of the molecule is COc1cccc(C2CCCC3CNCC32)c1. The summed E-state index contributed by atoms with van der Waals surface area (Å²) in [6, 6.07) is 8.66. The molecule has 1 aromatic rings. The molecule has 0 bridgehead atoms. The molecule has 1 saturated carbocycles. The van der Waals surface area contributed by atoms with Crippen LogP contribution in [0.2, 0.25) is 0 Å². The van der Waals surface area contributed by atoms with E-state index in [4.69, 9.17) is 4.74 Å². The Morgan fingerprint density at radius 3 is 3.06 bits per heavy atom. The number of rotatable bonds is 2. The topological polar surface area (TPSA) is 21.3 Å². The Bertz CT molecular complexity index is 390. The van der Waals surface area contributed by atoms with Crippen LogP contribution in [0.5, 0.6) is 5.75 Å². The van der Waals surface area contributed by atoms with E-state index in [9.17, 15) is 0 Å². The van der Waals surface area contributed by atoms with Crippen molar-refractivity contribution in [3.05, 3.63) is 29.8 Å². The monoisotopic (exact) mass is 231 g/mol. The fourth-order valence-corrected chi connectivity index (χ4v) is 3.64. The van der Waals surface area contributed by atoms with Crippen molar-refractivity contribution in [3.63, 3.8) is 0 Å². The van der Waals surface area contributed by atoms with Crippen molar-refractivity contribution in [1.82, 2.24) is 5.32 Å². The second kappa shape index (κ2) is 4.69. The summed E-state index contributed by atoms with van der Waals surface area (Å²) in [5.74, 6) is 3.48. The van der Waals surface area contributed by atoms with Gasteiger partial charge in [-0.2, -0.15) is 0 Å². The van der Waals surface area contributed by atoms with Gasteiger partial charge in [-0.3, -0.25) is 0 Å². The largest absolute Gasteiger partial charge is 0.497 e. The molecular formula is C15H21NO. The molecule has 1 heterocycles. The molecule has 0 aromatic heterocycles. The van der Waals surface area contributed by atoms with Crippen LogP contribution in [0.1, 0.15) is 30.7 Å². The Labute approximate surface area is 103 Å². The zero-order valence-corrected chi connectivity index (χ0v) is 10.5. The van der Waals surface area contributed by atoms with Crippen LogP contribution >= 0.6 is 0 Å². The number of methoxy groups -OCH3 is 1. The van der Waals surface area contributed by atoms with Crippen molar-refractivity contribution in [3.8, 4) is 5.75 Å². The van der Waals surface area contributed by atoms with Crippen LogP contribution in [0.4, 0.5) is 0 Å². The van der Waals surface area contributed by atoms with E-state index in [1.54, 1.807) is 7.11 Å². The van der Waals surface area contributed by atoms with Gasteiger partial charge in [0.05, 0.1) is 7.11 Å². The van der Waals surface area contributed by atoms with Crippen LogP contribution in [-0.2, 0) is 0 Å². The first kappa shape index (κ1) is 11.1. The summed E-state index contributed by atoms with van der Waals surface area (Å²) in [5, 5.41) is 3.56. The molecule has 3 atom stereocenters. The lowest BCUT2D eigenvalue weighted by molar-refractivity contribution is 0.258. The Morgan fingerprint density at radius 1 is 1.24 bits per heavy atom. The molecule has 17 heavy (non-hydrogen) atoms. The molecule has 1 aliphatic heterocycles. The van der Waals surface area contributed by atoms with Gasteiger partial charge in [-0.1, -0.05) is 18.6 Å². The van der Waals surface area contributed by atoms with Crippen LogP contribution < -0.4 is 10.1 Å². The van der Waals surface area contributed by atoms with E-state index in [-0.39, 0.29) is 0 Å². The van der Waals surface area contributed by atoms with E-state index >= 15 is 0 Å². The first-order valence-corrected chi connectivity index (χ1v) is 6.73. The average Bonchev–Trinajstić information content (AvgIpc) is 2.87. The highest BCUT2D eigenvalue weighted by Crippen LogP contribution is 2.43. The minimum absolute atomic E-state index is 0.735. The molecule has 0 amide bonds. The highest BCUT2D eigenvalue weighted by Gasteiger charge is 2.37. The highest BCUT2D eigenvalue weighted by molar-refractivity contribution is 5.32. The van der Waals surface area contributed by atoms with Gasteiger partial charge in [-0.05, 0) is 61.4 Å². The van der Waals surface area contributed by atoms with E-state index in [0.29, 0.717) is 0 Å². The van der Waals surface area contributed by atoms with Gasteiger partial charge in [-0.15, -0.1) is 0 Å². The van der Waals surface area contributed by atoms with Crippen molar-refractivity contribution >= 4 is 0 Å². The highest BCUT2D eigenvalue weighted by atomic mass is 16.5. The lowest BCUT2D eigenvalue weighted by Gasteiger charge is -2.33. The number of nitrogens with one attached hydrogen (secondary N) is 1. The molecule has 2 aliphatic rings. The number of fused-ring (bicyclic) bond motifs is 1. The van der Waals surface area contributed by atoms with Gasteiger partial charge in [0, 0.05) is 0 Å². The summed E-state index contributed by atoms with van der Waals surface area (Å²) in [6.07, 6.45) is 4.14. The van der Waals surface area contributed by atoms with Gasteiger partial charge < -0.3 is 10.1 Å². The number of hydrogen-bond donors (Lipinski definition) is 1. The van der Waals surface area contributed by atoms with E-state index in [1.807, 2.05) is 6.07 Å². The van der Waals surface area contributed by atoms with Gasteiger partial charge in [-0.25, -0.2) is 0 Å². The maximum atomic E-state index is 5.34. The van der Waals surface area contributed by atoms with Crippen LogP contribution in [0.15, 0.2) is 24.3 Å². The molecule has 1 aliphatic carbocycles. The Hall–Kier alpha value is -1.02. The minimum atomic E-state index is 0.735. The number of hydrogen-bond acceptors (Lipinski definition) is 2. The molecule has 2 heteroatoms. The summed E-state index contributed by atoms with van der Waals surface area (Å²) in [5.41, 5.74) is 1.47. The predicted octanol–water partition coefficient (Wildman–Crippen LogP) is 2.80. The first-order chi connectivity index (χ1) is 8.38. The first-order valence-electron chi connectivity index (χ1n) is 6.73. The van der Waals surface area contributed by atoms with Crippen LogP contribution in [0.3, 0.4) is 0 Å². The molecule has 3 rings (SSSR count). The fourth-order valence-electron chi connectivity index (χ4n) is 3.64. The quantitative estimate of drug-likeness (QED) is 0.845. The zero-order chi connectivity index (χ0) is 11.7. The standard InChI is InChI=1S/C15H21NO/c1-17-13-6-2-4-11(8-13)14-7-3-5-12-9-16-10-15(12)14/h2,4,6,8,12,14-16H,3,5,7,9-10H2,1H3. The van der Waals surface area contributed by atoms with Crippen LogP contribution in [0, 0.1) is 11.8 Å². The second-order valence-corrected chi connectivity index (χ2v) is 5.40. The Morgan fingerprint density at radius 2 is 2.18 bits per heavy atom. The Balaban J connectivity index is 1.86. The van der Waals surface area contributed by atoms with Crippen molar-refractivity contribution < 1.29 is 4.74 Å². The molecule has 3 unspecified atom stereocenters. The third kappa shape index (κ3) is 2.06. The number of benzene rings is 1. The minimum Gasteiger partial charge on any atom is -0.497 e. The van der Waals surface area contributed by atoms with Gasteiger partial charge in [0.1, 0.15) is 5.75 Å². The van der Waals surface area contributed by atoms with E-state index in [1.165, 1.54) is 37.9 Å². The summed E-state index contributed by atoms with van der Waals surface area (Å²) >= 11 is 0. The molecule has 2 nitrogen and oxygen atoms in total. The summed E-state index contributed by atoms with van der Waals surface area (Å²) in [4.78, 5) is 0.